The molecule has 22 heavy (non-hydrogen) atoms. The van der Waals surface area contributed by atoms with Crippen molar-refractivity contribution in [3.05, 3.63) is 36.4 Å². The Morgan fingerprint density at radius 3 is 2.77 bits per heavy atom. The number of rotatable bonds is 6. The fourth-order valence-electron chi connectivity index (χ4n) is 2.46. The zero-order valence-electron chi connectivity index (χ0n) is 12.7. The highest BCUT2D eigenvalue weighted by Gasteiger charge is 2.36. The van der Waals surface area contributed by atoms with Gasteiger partial charge in [0.1, 0.15) is 11.8 Å². The number of hydrogen-bond acceptors (Lipinski definition) is 4. The van der Waals surface area contributed by atoms with Gasteiger partial charge in [0, 0.05) is 6.54 Å². The molecule has 120 valence electrons. The number of hydrogen-bond donors (Lipinski definition) is 1. The van der Waals surface area contributed by atoms with E-state index in [1.807, 2.05) is 12.1 Å². The van der Waals surface area contributed by atoms with Crippen LogP contribution in [0.4, 0.5) is 5.69 Å². The van der Waals surface area contributed by atoms with Crippen LogP contribution in [-0.4, -0.2) is 39.8 Å². The van der Waals surface area contributed by atoms with Gasteiger partial charge < -0.3 is 9.64 Å². The van der Waals surface area contributed by atoms with Crippen LogP contribution >= 0.6 is 0 Å². The van der Waals surface area contributed by atoms with Crippen molar-refractivity contribution in [2.45, 2.75) is 19.4 Å². The molecule has 1 heterocycles. The molecule has 0 unspecified atom stereocenters. The molecule has 2 rings (SSSR count). The fraction of sp³-hybridized carbons (Fsp3) is 0.400. The molecule has 1 aromatic carbocycles. The van der Waals surface area contributed by atoms with E-state index in [4.69, 9.17) is 4.74 Å². The normalized spacial score (nSPS) is 18.5. The van der Waals surface area contributed by atoms with Crippen molar-refractivity contribution in [2.75, 3.05) is 24.3 Å². The number of nitrogens with one attached hydrogen (secondary N) is 1. The van der Waals surface area contributed by atoms with Crippen molar-refractivity contribution in [1.29, 1.82) is 0 Å². The molecular formula is C15H20N2O4S. The van der Waals surface area contributed by atoms with E-state index in [1.54, 1.807) is 24.0 Å². The summed E-state index contributed by atoms with van der Waals surface area (Å²) in [4.78, 5) is 14.0. The van der Waals surface area contributed by atoms with Crippen molar-refractivity contribution in [2.24, 2.45) is 0 Å². The first-order valence-corrected chi connectivity index (χ1v) is 8.58. The van der Waals surface area contributed by atoms with Crippen LogP contribution in [0.25, 0.3) is 0 Å². The molecule has 0 radical (unpaired) electrons. The summed E-state index contributed by atoms with van der Waals surface area (Å²) in [5.74, 6) is 0.141. The number of nitrogens with zero attached hydrogens (tertiary/aromatic N) is 1. The molecule has 6 nitrogen and oxygen atoms in total. The predicted octanol–water partition coefficient (Wildman–Crippen LogP) is 1.30. The molecule has 1 aromatic rings. The van der Waals surface area contributed by atoms with Crippen LogP contribution < -0.4 is 14.4 Å². The van der Waals surface area contributed by atoms with Gasteiger partial charge in [-0.15, -0.1) is 0 Å². The lowest BCUT2D eigenvalue weighted by Gasteiger charge is -2.19. The lowest BCUT2D eigenvalue weighted by atomic mass is 10.2. The van der Waals surface area contributed by atoms with E-state index in [0.29, 0.717) is 30.0 Å². The summed E-state index contributed by atoms with van der Waals surface area (Å²) in [5.41, 5.74) is 1.18. The van der Waals surface area contributed by atoms with E-state index in [9.17, 15) is 13.2 Å². The molecule has 1 N–H and O–H groups in total. The number of carbonyl (C=O) groups is 1. The maximum atomic E-state index is 12.5. The Labute approximate surface area is 130 Å². The predicted molar refractivity (Wildman–Crippen MR) is 85.5 cm³/mol. The Bertz CT molecular complexity index is 685. The number of anilines is 1. The van der Waals surface area contributed by atoms with Crippen molar-refractivity contribution in [3.63, 3.8) is 0 Å². The van der Waals surface area contributed by atoms with E-state index in [-0.39, 0.29) is 11.7 Å². The second-order valence-electron chi connectivity index (χ2n) is 5.34. The molecule has 1 aliphatic heterocycles. The molecule has 1 aliphatic rings. The average molecular weight is 324 g/mol. The number of amides is 1. The van der Waals surface area contributed by atoms with E-state index >= 15 is 0 Å². The summed E-state index contributed by atoms with van der Waals surface area (Å²) in [6, 6.07) is 6.43. The van der Waals surface area contributed by atoms with Crippen LogP contribution in [0.5, 0.6) is 5.75 Å². The highest BCUT2D eigenvalue weighted by molar-refractivity contribution is 7.89. The topological polar surface area (TPSA) is 75.7 Å². The first-order chi connectivity index (χ1) is 10.3. The van der Waals surface area contributed by atoms with Gasteiger partial charge in [-0.25, -0.2) is 13.1 Å². The van der Waals surface area contributed by atoms with E-state index < -0.39 is 16.1 Å². The smallest absolute Gasteiger partial charge is 0.245 e. The fourth-order valence-corrected chi connectivity index (χ4v) is 3.85. The van der Waals surface area contributed by atoms with Crippen LogP contribution in [0.15, 0.2) is 36.4 Å². The zero-order valence-corrected chi connectivity index (χ0v) is 13.5. The average Bonchev–Trinajstić information content (AvgIpc) is 2.78. The first-order valence-electron chi connectivity index (χ1n) is 6.93. The second-order valence-corrected chi connectivity index (χ2v) is 7.09. The Morgan fingerprint density at radius 2 is 2.14 bits per heavy atom. The van der Waals surface area contributed by atoms with Gasteiger partial charge in [-0.3, -0.25) is 4.79 Å². The SMILES string of the molecule is C=C(C)CS(=O)(=O)N[C@@H]1CCN(c2ccccc2OC)C1=O. The number of carbonyl (C=O) groups excluding carboxylic acids is 1. The number of sulfonamides is 1. The van der Waals surface area contributed by atoms with Crippen molar-refractivity contribution in [1.82, 2.24) is 4.72 Å². The van der Waals surface area contributed by atoms with Crippen LogP contribution in [0, 0.1) is 0 Å². The minimum Gasteiger partial charge on any atom is -0.495 e. The highest BCUT2D eigenvalue weighted by atomic mass is 32.2. The van der Waals surface area contributed by atoms with Gasteiger partial charge in [0.25, 0.3) is 0 Å². The van der Waals surface area contributed by atoms with Gasteiger partial charge in [-0.2, -0.15) is 0 Å². The van der Waals surface area contributed by atoms with E-state index in [2.05, 4.69) is 11.3 Å². The summed E-state index contributed by atoms with van der Waals surface area (Å²) in [6.07, 6.45) is 0.423. The molecule has 0 aromatic heterocycles. The number of ether oxygens (including phenoxy) is 1. The van der Waals surface area contributed by atoms with Crippen LogP contribution in [0.3, 0.4) is 0 Å². The Kier molecular flexibility index (Phi) is 4.87. The molecule has 1 amide bonds. The second kappa shape index (κ2) is 6.50. The van der Waals surface area contributed by atoms with Gasteiger partial charge >= 0.3 is 0 Å². The van der Waals surface area contributed by atoms with Gasteiger partial charge in [-0.05, 0) is 25.5 Å². The monoisotopic (exact) mass is 324 g/mol. The van der Waals surface area contributed by atoms with Gasteiger partial charge in [-0.1, -0.05) is 24.3 Å². The maximum Gasteiger partial charge on any atom is 0.245 e. The van der Waals surface area contributed by atoms with Gasteiger partial charge in [0.15, 0.2) is 0 Å². The van der Waals surface area contributed by atoms with Crippen LogP contribution in [0.1, 0.15) is 13.3 Å². The molecule has 0 aliphatic carbocycles. The van der Waals surface area contributed by atoms with Crippen molar-refractivity contribution >= 4 is 21.6 Å². The van der Waals surface area contributed by atoms with E-state index in [0.717, 1.165) is 0 Å². The van der Waals surface area contributed by atoms with Gasteiger partial charge in [0.05, 0.1) is 18.6 Å². The third-order valence-electron chi connectivity index (χ3n) is 3.34. The Hall–Kier alpha value is -1.86. The summed E-state index contributed by atoms with van der Waals surface area (Å²) in [6.45, 7) is 5.67. The Morgan fingerprint density at radius 1 is 1.45 bits per heavy atom. The van der Waals surface area contributed by atoms with Gasteiger partial charge in [0.2, 0.25) is 15.9 Å². The largest absolute Gasteiger partial charge is 0.495 e. The number of benzene rings is 1. The quantitative estimate of drug-likeness (QED) is 0.800. The Balaban J connectivity index is 2.15. The summed E-state index contributed by atoms with van der Waals surface area (Å²) < 4.78 is 31.6. The summed E-state index contributed by atoms with van der Waals surface area (Å²) in [5, 5.41) is 0. The maximum absolute atomic E-state index is 12.5. The molecule has 0 bridgehead atoms. The molecule has 0 spiro atoms. The molecule has 1 saturated heterocycles. The van der Waals surface area contributed by atoms with E-state index in [1.165, 1.54) is 7.11 Å². The summed E-state index contributed by atoms with van der Waals surface area (Å²) in [7, 11) is -2.01. The summed E-state index contributed by atoms with van der Waals surface area (Å²) >= 11 is 0. The molecule has 1 fully saturated rings. The third kappa shape index (κ3) is 3.66. The zero-order chi connectivity index (χ0) is 16.3. The number of para-hydroxylation sites is 2. The van der Waals surface area contributed by atoms with Crippen molar-refractivity contribution < 1.29 is 17.9 Å². The van der Waals surface area contributed by atoms with Crippen LogP contribution in [-0.2, 0) is 14.8 Å². The lowest BCUT2D eigenvalue weighted by molar-refractivity contribution is -0.118. The minimum atomic E-state index is -3.55. The number of methoxy groups -OCH3 is 1. The minimum absolute atomic E-state index is 0.175. The molecule has 1 atom stereocenters. The van der Waals surface area contributed by atoms with Crippen LogP contribution in [0.2, 0.25) is 0 Å². The molecule has 0 saturated carbocycles. The molecular weight excluding hydrogens is 304 g/mol. The first kappa shape index (κ1) is 16.5. The standard InChI is InChI=1S/C15H20N2O4S/c1-11(2)10-22(19,20)16-12-8-9-17(15(12)18)13-6-4-5-7-14(13)21-3/h4-7,12,16H,1,8-10H2,2-3H3/t12-/m1/s1. The molecule has 7 heteroatoms. The van der Waals surface area contributed by atoms with Crippen molar-refractivity contribution in [3.8, 4) is 5.75 Å². The lowest BCUT2D eigenvalue weighted by Crippen LogP contribution is -2.42. The third-order valence-corrected chi connectivity index (χ3v) is 4.86. The highest BCUT2D eigenvalue weighted by Crippen LogP contribution is 2.31.